The quantitative estimate of drug-likeness (QED) is 0.402. The average Bonchev–Trinajstić information content (AvgIpc) is 3.12. The van der Waals surface area contributed by atoms with Gasteiger partial charge in [-0.25, -0.2) is 9.07 Å². The molecule has 0 radical (unpaired) electrons. The number of nitrogen functional groups attached to an aromatic ring is 1. The van der Waals surface area contributed by atoms with Crippen LogP contribution in [0.15, 0.2) is 96.1 Å². The average molecular weight is 426 g/mol. The number of fused-ring (bicyclic) bond motifs is 3. The molecule has 0 aliphatic heterocycles. The molecular weight excluding hydrogens is 409 g/mol. The summed E-state index contributed by atoms with van der Waals surface area (Å²) in [6.45, 7) is 0. The largest absolute Gasteiger partial charge is 0.382 e. The van der Waals surface area contributed by atoms with Gasteiger partial charge in [0.15, 0.2) is 11.6 Å². The van der Waals surface area contributed by atoms with Gasteiger partial charge in [-0.1, -0.05) is 90.5 Å². The van der Waals surface area contributed by atoms with Gasteiger partial charge in [0.1, 0.15) is 11.6 Å². The van der Waals surface area contributed by atoms with E-state index >= 15 is 4.39 Å². The molecule has 2 aliphatic carbocycles. The first-order chi connectivity index (χ1) is 15.1. The number of hydrogen-bond donors (Lipinski definition) is 1. The van der Waals surface area contributed by atoms with E-state index in [0.717, 1.165) is 27.8 Å². The van der Waals surface area contributed by atoms with Crippen LogP contribution in [0.25, 0.3) is 27.6 Å². The Labute approximate surface area is 183 Å². The van der Waals surface area contributed by atoms with E-state index in [1.54, 1.807) is 4.68 Å². The summed E-state index contributed by atoms with van der Waals surface area (Å²) in [6, 6.07) is 21.3. The lowest BCUT2D eigenvalue weighted by molar-refractivity contribution is 0.566. The number of benzene rings is 3. The number of nitrogens with zero attached hydrogens (tertiary/aromatic N) is 2. The van der Waals surface area contributed by atoms with E-state index in [2.05, 4.69) is 35.5 Å². The summed E-state index contributed by atoms with van der Waals surface area (Å²) in [5.41, 5.74) is 12.4. The summed E-state index contributed by atoms with van der Waals surface area (Å²) < 4.78 is 17.3. The zero-order valence-corrected chi connectivity index (χ0v) is 17.1. The molecule has 1 aromatic heterocycles. The predicted octanol–water partition coefficient (Wildman–Crippen LogP) is 6.58. The summed E-state index contributed by atoms with van der Waals surface area (Å²) in [7, 11) is 0. The Bertz CT molecular complexity index is 1440. The van der Waals surface area contributed by atoms with Crippen LogP contribution in [0.3, 0.4) is 0 Å². The molecule has 2 N–H and O–H groups in total. The van der Waals surface area contributed by atoms with Gasteiger partial charge in [0.05, 0.1) is 5.02 Å². The number of halogens is 2. The van der Waals surface area contributed by atoms with Gasteiger partial charge in [0.25, 0.3) is 0 Å². The second-order valence-electron chi connectivity index (χ2n) is 7.76. The summed E-state index contributed by atoms with van der Waals surface area (Å²) in [5, 5.41) is 5.19. The van der Waals surface area contributed by atoms with E-state index in [0.29, 0.717) is 22.3 Å². The van der Waals surface area contributed by atoms with Crippen molar-refractivity contribution in [2.45, 2.75) is 6.04 Å². The summed E-state index contributed by atoms with van der Waals surface area (Å²) >= 11 is 6.50. The van der Waals surface area contributed by atoms with Crippen LogP contribution in [0.5, 0.6) is 0 Å². The highest BCUT2D eigenvalue weighted by Gasteiger charge is 2.36. The molecule has 5 heteroatoms. The van der Waals surface area contributed by atoms with E-state index in [9.17, 15) is 0 Å². The number of rotatable bonds is 3. The smallest absolute Gasteiger partial charge is 0.168 e. The monoisotopic (exact) mass is 425 g/mol. The van der Waals surface area contributed by atoms with Crippen molar-refractivity contribution >= 4 is 33.9 Å². The third kappa shape index (κ3) is 2.62. The Kier molecular flexibility index (Phi) is 3.92. The molecule has 0 saturated carbocycles. The molecule has 2 bridgehead atoms. The second kappa shape index (κ2) is 6.69. The van der Waals surface area contributed by atoms with Gasteiger partial charge in [-0.3, -0.25) is 0 Å². The number of aromatic nitrogens is 2. The van der Waals surface area contributed by atoms with Crippen LogP contribution in [0.2, 0.25) is 5.02 Å². The summed E-state index contributed by atoms with van der Waals surface area (Å²) in [5.74, 6) is -0.210. The zero-order chi connectivity index (χ0) is 21.1. The molecule has 150 valence electrons. The molecular formula is C26H17ClFN3. The highest BCUT2D eigenvalue weighted by molar-refractivity contribution is 6.34. The van der Waals surface area contributed by atoms with Crippen LogP contribution >= 0.6 is 11.6 Å². The molecule has 0 amide bonds. The van der Waals surface area contributed by atoms with Crippen LogP contribution in [0.4, 0.5) is 10.2 Å². The van der Waals surface area contributed by atoms with Gasteiger partial charge < -0.3 is 5.73 Å². The van der Waals surface area contributed by atoms with Gasteiger partial charge in [-0.05, 0) is 33.9 Å². The SMILES string of the molecule is Nc1nn(C2c3ccc(-c4ccccc4)c2c3)c2c(F)c(Cl)c(-c3ccccc3)cc12. The predicted molar refractivity (Wildman–Crippen MR) is 124 cm³/mol. The molecule has 3 nitrogen and oxygen atoms in total. The summed E-state index contributed by atoms with van der Waals surface area (Å²) in [4.78, 5) is 0. The minimum Gasteiger partial charge on any atom is -0.382 e. The van der Waals surface area contributed by atoms with Crippen molar-refractivity contribution in [2.24, 2.45) is 0 Å². The maximum atomic E-state index is 15.6. The van der Waals surface area contributed by atoms with Crippen molar-refractivity contribution in [3.63, 3.8) is 0 Å². The molecule has 1 unspecified atom stereocenters. The Hall–Kier alpha value is -3.63. The molecule has 31 heavy (non-hydrogen) atoms. The van der Waals surface area contributed by atoms with E-state index in [-0.39, 0.29) is 11.1 Å². The van der Waals surface area contributed by atoms with Crippen LogP contribution in [-0.2, 0) is 0 Å². The lowest BCUT2D eigenvalue weighted by atomic mass is 9.75. The van der Waals surface area contributed by atoms with Crippen molar-refractivity contribution in [3.8, 4) is 11.1 Å². The van der Waals surface area contributed by atoms with E-state index in [1.165, 1.54) is 0 Å². The van der Waals surface area contributed by atoms with Crippen LogP contribution < -0.4 is 5.73 Å². The normalized spacial score (nSPS) is 17.1. The van der Waals surface area contributed by atoms with Crippen LogP contribution in [0, 0.1) is 5.82 Å². The third-order valence-corrected chi connectivity index (χ3v) is 6.37. The van der Waals surface area contributed by atoms with E-state index in [4.69, 9.17) is 17.3 Å². The van der Waals surface area contributed by atoms with Crippen molar-refractivity contribution in [1.82, 2.24) is 9.78 Å². The fourth-order valence-corrected chi connectivity index (χ4v) is 4.74. The number of anilines is 1. The molecule has 6 rings (SSSR count). The fraction of sp³-hybridized carbons (Fsp3) is 0.0385. The molecule has 0 fully saturated rings. The topological polar surface area (TPSA) is 43.8 Å². The van der Waals surface area contributed by atoms with Gasteiger partial charge in [0.2, 0.25) is 0 Å². The maximum absolute atomic E-state index is 15.6. The first-order valence-corrected chi connectivity index (χ1v) is 10.4. The standard InChI is InChI=1S/C26H17ClFN3/c27-22-19(16-9-5-2-6-10-16)14-21-25(23(22)28)31(30-26(21)29)24-17-11-12-18(20(24)13-17)15-7-3-1-4-8-15/h1-14,24H,(H2,29,30). The fourth-order valence-electron chi connectivity index (χ4n) is 4.48. The minimum absolute atomic E-state index is 0.0751. The molecule has 3 aromatic carbocycles. The number of allylic oxidation sites excluding steroid dienone is 6. The van der Waals surface area contributed by atoms with Gasteiger partial charge in [0, 0.05) is 10.9 Å². The lowest BCUT2D eigenvalue weighted by Crippen LogP contribution is -2.25. The van der Waals surface area contributed by atoms with E-state index in [1.807, 2.05) is 54.6 Å². The minimum atomic E-state index is -0.501. The molecule has 4 aromatic rings. The molecule has 1 heterocycles. The maximum Gasteiger partial charge on any atom is 0.168 e. The van der Waals surface area contributed by atoms with Crippen molar-refractivity contribution < 1.29 is 4.39 Å². The Balaban J connectivity index is 1.50. The van der Waals surface area contributed by atoms with Crippen molar-refractivity contribution in [1.29, 1.82) is 0 Å². The zero-order valence-electron chi connectivity index (χ0n) is 16.4. The third-order valence-electron chi connectivity index (χ3n) is 6.00. The second-order valence-corrected chi connectivity index (χ2v) is 8.14. The first-order valence-electron chi connectivity index (χ1n) is 10.0. The molecule has 1 atom stereocenters. The van der Waals surface area contributed by atoms with E-state index < -0.39 is 5.82 Å². The Morgan fingerprint density at radius 1 is 0.935 bits per heavy atom. The Morgan fingerprint density at radius 3 is 2.29 bits per heavy atom. The highest BCUT2D eigenvalue weighted by Crippen LogP contribution is 2.50. The van der Waals surface area contributed by atoms with Crippen LogP contribution in [-0.4, -0.2) is 9.78 Å². The van der Waals surface area contributed by atoms with Gasteiger partial charge in [-0.15, -0.1) is 0 Å². The summed E-state index contributed by atoms with van der Waals surface area (Å²) in [6.07, 6.45) is 6.28. The number of hydrogen-bond acceptors (Lipinski definition) is 2. The van der Waals surface area contributed by atoms with Crippen molar-refractivity contribution in [3.05, 3.63) is 113 Å². The molecule has 0 saturated heterocycles. The Morgan fingerprint density at radius 2 is 1.61 bits per heavy atom. The highest BCUT2D eigenvalue weighted by atomic mass is 35.5. The van der Waals surface area contributed by atoms with Gasteiger partial charge in [-0.2, -0.15) is 5.10 Å². The van der Waals surface area contributed by atoms with Gasteiger partial charge >= 0.3 is 0 Å². The van der Waals surface area contributed by atoms with Crippen molar-refractivity contribution in [2.75, 3.05) is 5.73 Å². The van der Waals surface area contributed by atoms with Crippen LogP contribution in [0.1, 0.15) is 11.6 Å². The molecule has 2 aliphatic rings. The lowest BCUT2D eigenvalue weighted by Gasteiger charge is -2.35. The number of nitrogens with two attached hydrogens (primary N) is 1. The molecule has 0 spiro atoms. The first kappa shape index (κ1) is 18.2.